The van der Waals surface area contributed by atoms with Crippen LogP contribution < -0.4 is 11.3 Å². The minimum absolute atomic E-state index is 0.170. The lowest BCUT2D eigenvalue weighted by Crippen LogP contribution is -2.30. The van der Waals surface area contributed by atoms with Gasteiger partial charge in [-0.1, -0.05) is 0 Å². The first-order chi connectivity index (χ1) is 8.83. The summed E-state index contributed by atoms with van der Waals surface area (Å²) >= 11 is 0. The van der Waals surface area contributed by atoms with Crippen molar-refractivity contribution >= 4 is 5.91 Å². The van der Waals surface area contributed by atoms with E-state index in [2.05, 4.69) is 5.43 Å². The van der Waals surface area contributed by atoms with Gasteiger partial charge in [-0.15, -0.1) is 0 Å². The van der Waals surface area contributed by atoms with E-state index in [0.29, 0.717) is 36.9 Å². The smallest absolute Gasteiger partial charge is 0.268 e. The molecule has 0 saturated heterocycles. The molecule has 1 amide bonds. The molecule has 6 heteroatoms. The summed E-state index contributed by atoms with van der Waals surface area (Å²) in [5.74, 6) is 5.81. The fraction of sp³-hybridized carbons (Fsp3) is 0.615. The number of furan rings is 1. The Balaban J connectivity index is 2.36. The van der Waals surface area contributed by atoms with Gasteiger partial charge in [0.1, 0.15) is 18.1 Å². The highest BCUT2D eigenvalue weighted by Crippen LogP contribution is 2.15. The maximum atomic E-state index is 11.4. The molecule has 0 radical (unpaired) electrons. The molecule has 0 aliphatic carbocycles. The molecule has 0 bridgehead atoms. The Hall–Kier alpha value is -1.37. The fourth-order valence-corrected chi connectivity index (χ4v) is 1.50. The summed E-state index contributed by atoms with van der Waals surface area (Å²) in [5.41, 5.74) is 2.32. The summed E-state index contributed by atoms with van der Waals surface area (Å²) in [7, 11) is 0. The zero-order valence-corrected chi connectivity index (χ0v) is 11.9. The summed E-state index contributed by atoms with van der Waals surface area (Å²) in [5, 5.41) is 0. The van der Waals surface area contributed by atoms with E-state index < -0.39 is 0 Å². The molecule has 0 fully saturated rings. The Kier molecular flexibility index (Phi) is 5.53. The van der Waals surface area contributed by atoms with Gasteiger partial charge >= 0.3 is 0 Å². The number of ether oxygens (including phenoxy) is 2. The fourth-order valence-electron chi connectivity index (χ4n) is 1.50. The maximum absolute atomic E-state index is 11.4. The number of hydrogen-bond acceptors (Lipinski definition) is 5. The number of hydrazine groups is 1. The summed E-state index contributed by atoms with van der Waals surface area (Å²) in [6.45, 7) is 8.94. The number of nitrogens with two attached hydrogens (primary N) is 1. The van der Waals surface area contributed by atoms with Crippen molar-refractivity contribution in [2.75, 3.05) is 13.2 Å². The van der Waals surface area contributed by atoms with Gasteiger partial charge in [0.25, 0.3) is 5.91 Å². The molecule has 0 aliphatic heterocycles. The van der Waals surface area contributed by atoms with Crippen LogP contribution >= 0.6 is 0 Å². The number of aryl methyl sites for hydroxylation is 1. The second-order valence-corrected chi connectivity index (χ2v) is 5.17. The lowest BCUT2D eigenvalue weighted by atomic mass is 10.2. The van der Waals surface area contributed by atoms with Gasteiger partial charge in [0.15, 0.2) is 0 Å². The molecule has 1 aromatic rings. The molecule has 0 unspecified atom stereocenters. The van der Waals surface area contributed by atoms with Crippen LogP contribution in [0.4, 0.5) is 0 Å². The van der Waals surface area contributed by atoms with Gasteiger partial charge in [-0.2, -0.15) is 0 Å². The van der Waals surface area contributed by atoms with E-state index in [1.54, 1.807) is 13.0 Å². The molecule has 0 spiro atoms. The predicted octanol–water partition coefficient (Wildman–Crippen LogP) is 1.52. The van der Waals surface area contributed by atoms with Gasteiger partial charge < -0.3 is 13.9 Å². The van der Waals surface area contributed by atoms with Crippen molar-refractivity contribution in [3.05, 3.63) is 23.2 Å². The number of carbonyl (C=O) groups is 1. The molecule has 0 aromatic carbocycles. The molecule has 1 rings (SSSR count). The number of amides is 1. The summed E-state index contributed by atoms with van der Waals surface area (Å²) < 4.78 is 16.3. The normalized spacial score (nSPS) is 11.6. The summed E-state index contributed by atoms with van der Waals surface area (Å²) in [6.07, 6.45) is 0. The van der Waals surface area contributed by atoms with E-state index in [1.165, 1.54) is 0 Å². The van der Waals surface area contributed by atoms with E-state index in [-0.39, 0.29) is 11.5 Å². The Morgan fingerprint density at radius 2 is 2.11 bits per heavy atom. The second kappa shape index (κ2) is 6.70. The van der Waals surface area contributed by atoms with Crippen LogP contribution in [0, 0.1) is 6.92 Å². The Bertz CT molecular complexity index is 421. The molecular weight excluding hydrogens is 248 g/mol. The van der Waals surface area contributed by atoms with E-state index in [0.717, 1.165) is 0 Å². The quantitative estimate of drug-likeness (QED) is 0.354. The van der Waals surface area contributed by atoms with Crippen molar-refractivity contribution in [2.24, 2.45) is 5.84 Å². The topological polar surface area (TPSA) is 86.7 Å². The average Bonchev–Trinajstić information content (AvgIpc) is 2.67. The molecule has 108 valence electrons. The minimum atomic E-state index is -0.372. The molecular formula is C13H22N2O4. The lowest BCUT2D eigenvalue weighted by Gasteiger charge is -2.19. The highest BCUT2D eigenvalue weighted by atomic mass is 16.5. The minimum Gasteiger partial charge on any atom is -0.463 e. The first-order valence-electron chi connectivity index (χ1n) is 6.15. The van der Waals surface area contributed by atoms with Crippen molar-refractivity contribution in [3.8, 4) is 0 Å². The van der Waals surface area contributed by atoms with Crippen molar-refractivity contribution < 1.29 is 18.7 Å². The van der Waals surface area contributed by atoms with Crippen LogP contribution in [0.2, 0.25) is 0 Å². The number of carbonyl (C=O) groups excluding carboxylic acids is 1. The van der Waals surface area contributed by atoms with Crippen LogP contribution in [0.1, 0.15) is 42.6 Å². The third-order valence-electron chi connectivity index (χ3n) is 2.35. The molecule has 0 aliphatic rings. The predicted molar refractivity (Wildman–Crippen MR) is 70.5 cm³/mol. The molecule has 0 saturated carbocycles. The summed E-state index contributed by atoms with van der Waals surface area (Å²) in [4.78, 5) is 11.4. The zero-order chi connectivity index (χ0) is 14.5. The second-order valence-electron chi connectivity index (χ2n) is 5.17. The van der Waals surface area contributed by atoms with Crippen molar-refractivity contribution in [3.63, 3.8) is 0 Å². The van der Waals surface area contributed by atoms with E-state index in [4.69, 9.17) is 19.7 Å². The maximum Gasteiger partial charge on any atom is 0.268 e. The zero-order valence-electron chi connectivity index (χ0n) is 11.9. The number of hydrogen-bond donors (Lipinski definition) is 2. The van der Waals surface area contributed by atoms with Gasteiger partial charge in [0, 0.05) is 0 Å². The monoisotopic (exact) mass is 270 g/mol. The Morgan fingerprint density at radius 1 is 1.42 bits per heavy atom. The average molecular weight is 270 g/mol. The molecule has 3 N–H and O–H groups in total. The summed E-state index contributed by atoms with van der Waals surface area (Å²) in [6, 6.07) is 1.63. The first-order valence-corrected chi connectivity index (χ1v) is 6.15. The van der Waals surface area contributed by atoms with Crippen LogP contribution in [0.25, 0.3) is 0 Å². The van der Waals surface area contributed by atoms with Crippen LogP contribution in [0.5, 0.6) is 0 Å². The van der Waals surface area contributed by atoms with Crippen LogP contribution in [-0.4, -0.2) is 24.7 Å². The largest absolute Gasteiger partial charge is 0.463 e. The van der Waals surface area contributed by atoms with E-state index in [9.17, 15) is 4.79 Å². The molecule has 19 heavy (non-hydrogen) atoms. The van der Waals surface area contributed by atoms with Crippen LogP contribution in [-0.2, 0) is 16.1 Å². The third-order valence-corrected chi connectivity index (χ3v) is 2.35. The molecule has 1 aromatic heterocycles. The van der Waals surface area contributed by atoms with Gasteiger partial charge in [0.05, 0.1) is 24.4 Å². The SMILES string of the molecule is Cc1oc(COCCOC(C)(C)C)cc1C(=O)NN. The number of nitrogen functional groups attached to an aromatic ring is 1. The number of rotatable bonds is 6. The highest BCUT2D eigenvalue weighted by Gasteiger charge is 2.14. The van der Waals surface area contributed by atoms with Crippen LogP contribution in [0.3, 0.4) is 0 Å². The molecule has 6 nitrogen and oxygen atoms in total. The van der Waals surface area contributed by atoms with Crippen molar-refractivity contribution in [2.45, 2.75) is 39.9 Å². The van der Waals surface area contributed by atoms with Crippen molar-refractivity contribution in [1.82, 2.24) is 5.43 Å². The van der Waals surface area contributed by atoms with Gasteiger partial charge in [0.2, 0.25) is 0 Å². The Labute approximate surface area is 113 Å². The highest BCUT2D eigenvalue weighted by molar-refractivity contribution is 5.94. The first kappa shape index (κ1) is 15.7. The van der Waals surface area contributed by atoms with E-state index in [1.807, 2.05) is 20.8 Å². The van der Waals surface area contributed by atoms with Crippen LogP contribution in [0.15, 0.2) is 10.5 Å². The standard InChI is InChI=1S/C13H22N2O4/c1-9-11(12(16)15-14)7-10(19-9)8-17-5-6-18-13(2,3)4/h7H,5-6,8,14H2,1-4H3,(H,15,16). The third kappa shape index (κ3) is 5.42. The van der Waals surface area contributed by atoms with Gasteiger partial charge in [-0.25, -0.2) is 5.84 Å². The molecule has 1 heterocycles. The number of nitrogens with one attached hydrogen (secondary N) is 1. The molecule has 0 atom stereocenters. The van der Waals surface area contributed by atoms with Gasteiger partial charge in [-0.05, 0) is 33.8 Å². The van der Waals surface area contributed by atoms with Crippen molar-refractivity contribution in [1.29, 1.82) is 0 Å². The Morgan fingerprint density at radius 3 is 2.68 bits per heavy atom. The van der Waals surface area contributed by atoms with Gasteiger partial charge in [-0.3, -0.25) is 10.2 Å². The van der Waals surface area contributed by atoms with E-state index >= 15 is 0 Å². The lowest BCUT2D eigenvalue weighted by molar-refractivity contribution is -0.0395.